The summed E-state index contributed by atoms with van der Waals surface area (Å²) >= 11 is 0. The molecule has 0 spiro atoms. The van der Waals surface area contributed by atoms with Crippen LogP contribution in [0.5, 0.6) is 0 Å². The molecule has 0 N–H and O–H groups in total. The molecule has 5 aromatic heterocycles. The summed E-state index contributed by atoms with van der Waals surface area (Å²) in [5.74, 6) is 0. The first kappa shape index (κ1) is 53.1. The minimum atomic E-state index is 0. The normalized spacial score (nSPS) is 11.9. The number of hydrogen-bond acceptors (Lipinski definition) is 4. The third-order valence-electron chi connectivity index (χ3n) is 15.1. The van der Waals surface area contributed by atoms with Crippen molar-refractivity contribution >= 4 is 92.7 Å². The fraction of sp³-hybridized carbons (Fsp3) is 0. The van der Waals surface area contributed by atoms with Gasteiger partial charge in [0.05, 0.1) is 45.6 Å². The summed E-state index contributed by atoms with van der Waals surface area (Å²) in [5, 5.41) is 0. The number of benzene rings is 6. The largest absolute Gasteiger partial charge is 2.00 e. The Balaban J connectivity index is 0.00000329. The smallest absolute Gasteiger partial charge is 0.658 e. The first-order valence-corrected chi connectivity index (χ1v) is 27.3. The van der Waals surface area contributed by atoms with Crippen molar-refractivity contribution in [1.82, 2.24) is 39.9 Å². The van der Waals surface area contributed by atoms with Crippen LogP contribution in [0.4, 0.5) is 0 Å². The fourth-order valence-corrected chi connectivity index (χ4v) is 11.3. The van der Waals surface area contributed by atoms with Crippen molar-refractivity contribution in [3.63, 3.8) is 0 Å². The molecule has 0 unspecified atom stereocenters. The van der Waals surface area contributed by atoms with E-state index in [0.29, 0.717) is 0 Å². The average molecular weight is 1170 g/mol. The Morgan fingerprint density at radius 1 is 0.167 bits per heavy atom. The van der Waals surface area contributed by atoms with Crippen LogP contribution in [-0.4, -0.2) is 19.9 Å². The molecule has 15 rings (SSSR count). The second-order valence-corrected chi connectivity index (χ2v) is 20.2. The van der Waals surface area contributed by atoms with Crippen molar-refractivity contribution in [3.8, 4) is 66.8 Å². The van der Waals surface area contributed by atoms with Crippen molar-refractivity contribution in [2.45, 2.75) is 0 Å². The molecule has 16 bridgehead atoms. The predicted molar refractivity (Wildman–Crippen MR) is 337 cm³/mol. The van der Waals surface area contributed by atoms with E-state index in [1.165, 1.54) is 0 Å². The zero-order valence-corrected chi connectivity index (χ0v) is 46.6. The van der Waals surface area contributed by atoms with Gasteiger partial charge in [0.1, 0.15) is 0 Å². The topological polar surface area (TPSA) is 108 Å². The van der Waals surface area contributed by atoms with Gasteiger partial charge in [0.25, 0.3) is 0 Å². The number of nitrogens with zero attached hydrogens (tertiary/aromatic N) is 8. The summed E-state index contributed by atoms with van der Waals surface area (Å²) in [5.41, 5.74) is 24.0. The Bertz CT molecular complexity index is 4300. The van der Waals surface area contributed by atoms with Gasteiger partial charge in [-0.2, -0.15) is 22.1 Å². The maximum absolute atomic E-state index is 5.47. The van der Waals surface area contributed by atoms with E-state index in [9.17, 15) is 0 Å². The molecule has 10 heteroatoms. The first-order valence-electron chi connectivity index (χ1n) is 27.3. The summed E-state index contributed by atoms with van der Waals surface area (Å²) in [4.78, 5) is 43.2. The van der Waals surface area contributed by atoms with Gasteiger partial charge in [-0.25, -0.2) is 19.9 Å². The van der Waals surface area contributed by atoms with Gasteiger partial charge in [0, 0.05) is 11.1 Å². The monoisotopic (exact) mass is 1170 g/mol. The molecule has 6 aromatic carbocycles. The Kier molecular flexibility index (Phi) is 14.5. The van der Waals surface area contributed by atoms with E-state index in [1.54, 1.807) is 0 Å². The molecule has 0 atom stereocenters. The molecule has 4 aliphatic heterocycles. The van der Waals surface area contributed by atoms with E-state index in [1.807, 2.05) is 60.7 Å². The van der Waals surface area contributed by atoms with Crippen LogP contribution in [0.25, 0.3) is 160 Å². The Morgan fingerprint density at radius 3 is 0.512 bits per heavy atom. The van der Waals surface area contributed by atoms with Crippen molar-refractivity contribution < 1.29 is 34.1 Å². The van der Waals surface area contributed by atoms with Gasteiger partial charge in [-0.3, -0.25) is 0 Å². The van der Waals surface area contributed by atoms with Gasteiger partial charge in [0.2, 0.25) is 0 Å². The van der Waals surface area contributed by atoms with Gasteiger partial charge < -0.3 is 19.9 Å². The molecule has 0 fully saturated rings. The van der Waals surface area contributed by atoms with Crippen molar-refractivity contribution in [1.29, 1.82) is 0 Å². The Hall–Kier alpha value is -10.2. The van der Waals surface area contributed by atoms with Crippen LogP contribution in [-0.2, 0) is 34.1 Å². The summed E-state index contributed by atoms with van der Waals surface area (Å²) < 4.78 is 0. The second kappa shape index (κ2) is 23.0. The number of fused-ring (bicyclic) bond motifs is 18. The molecule has 0 saturated heterocycles. The summed E-state index contributed by atoms with van der Waals surface area (Å²) in [6, 6.07) is 78.7. The summed E-state index contributed by atoms with van der Waals surface area (Å²) in [7, 11) is 0. The zero-order valence-electron chi connectivity index (χ0n) is 44.7. The van der Waals surface area contributed by atoms with E-state index in [2.05, 4.69) is 218 Å². The minimum absolute atomic E-state index is 0. The van der Waals surface area contributed by atoms with E-state index in [4.69, 9.17) is 39.9 Å². The van der Waals surface area contributed by atoms with Crippen LogP contribution in [0.3, 0.4) is 0 Å². The van der Waals surface area contributed by atoms with Crippen LogP contribution in [0.2, 0.25) is 0 Å². The van der Waals surface area contributed by atoms with Crippen LogP contribution in [0.1, 0.15) is 45.6 Å². The molecular formula is C74H46Cu2N8. The number of aromatic nitrogens is 8. The maximum Gasteiger partial charge on any atom is 2.00 e. The van der Waals surface area contributed by atoms with E-state index < -0.39 is 0 Å². The van der Waals surface area contributed by atoms with Crippen LogP contribution >= 0.6 is 0 Å². The molecular weight excluding hydrogens is 1130 g/mol. The van der Waals surface area contributed by atoms with Gasteiger partial charge >= 0.3 is 34.1 Å². The molecule has 404 valence electrons. The van der Waals surface area contributed by atoms with E-state index in [0.717, 1.165) is 156 Å². The zero-order chi connectivity index (χ0) is 54.3. The number of rotatable bonds is 6. The van der Waals surface area contributed by atoms with Gasteiger partial charge in [0.15, 0.2) is 0 Å². The third-order valence-corrected chi connectivity index (χ3v) is 15.1. The summed E-state index contributed by atoms with van der Waals surface area (Å²) in [6.07, 6.45) is 16.7. The molecule has 4 aliphatic rings. The van der Waals surface area contributed by atoms with E-state index >= 15 is 0 Å². The molecule has 0 saturated carbocycles. The molecule has 11 aromatic rings. The van der Waals surface area contributed by atoms with Gasteiger partial charge in [-0.05, 0) is 104 Å². The molecule has 0 amide bonds. The van der Waals surface area contributed by atoms with Gasteiger partial charge in [-0.15, -0.1) is 22.1 Å². The molecule has 8 nitrogen and oxygen atoms in total. The van der Waals surface area contributed by atoms with Crippen LogP contribution in [0.15, 0.2) is 231 Å². The van der Waals surface area contributed by atoms with E-state index in [-0.39, 0.29) is 34.1 Å². The summed E-state index contributed by atoms with van der Waals surface area (Å²) in [6.45, 7) is 0. The fourth-order valence-electron chi connectivity index (χ4n) is 11.3. The second-order valence-electron chi connectivity index (χ2n) is 20.2. The standard InChI is InChI=1S/C74H46N8.2Cu/c1-7-19-47(20-8-1)69-57-35-31-53(75-57)54-32-36-58(76-54)70(48-21-9-2-10-22-48)63-41-45-67(81-63)74(52-29-17-6-18-30-52)68-46-42-64(82-68)72(50-25-13-4-14-26-50)60-38-34-56(78-60)55-33-37-59(77-55)71(49-23-11-3-12-24-49)62-40-44-66(80-62)73(51-27-15-5-16-28-51)65-43-39-61(69)79-65;;/h1-46H;;/q-4;2*+2. The quantitative estimate of drug-likeness (QED) is 0.152. The predicted octanol–water partition coefficient (Wildman–Crippen LogP) is 17.3. The molecule has 0 aliphatic carbocycles. The van der Waals surface area contributed by atoms with Gasteiger partial charge in [-0.1, -0.05) is 231 Å². The molecule has 84 heavy (non-hydrogen) atoms. The van der Waals surface area contributed by atoms with Crippen molar-refractivity contribution in [3.05, 3.63) is 276 Å². The molecule has 2 radical (unpaired) electrons. The first-order chi connectivity index (χ1) is 40.6. The molecule has 9 heterocycles. The SMILES string of the molecule is C1=Cc2nc1c(-c1ccccc1)c1nc(c(-c3ccccc3)c3ccc([n-]3)c3ccc([n-]3)c(-c3ccccc3)c3nc(c(-c4ccccc4)c4nc(c(-c5ccccc5)c5ccc([n-]5)c5ccc([n-]5)c2-c2ccccc2)C=C4)C=C3)C=C1.[Cu+2].[Cu+2]. The Labute approximate surface area is 506 Å². The average Bonchev–Trinajstić information content (AvgIpc) is 4.57. The Morgan fingerprint density at radius 2 is 0.321 bits per heavy atom. The van der Waals surface area contributed by atoms with Crippen molar-refractivity contribution in [2.75, 3.05) is 0 Å². The van der Waals surface area contributed by atoms with Crippen LogP contribution in [0, 0.1) is 0 Å². The number of hydrogen-bond donors (Lipinski definition) is 0. The van der Waals surface area contributed by atoms with Crippen LogP contribution < -0.4 is 19.9 Å². The minimum Gasteiger partial charge on any atom is -0.658 e. The van der Waals surface area contributed by atoms with Crippen molar-refractivity contribution in [2.24, 2.45) is 0 Å². The maximum atomic E-state index is 5.47. The third kappa shape index (κ3) is 10.00.